The molecule has 0 spiro atoms. The minimum atomic E-state index is 0.122. The molecule has 13 heavy (non-hydrogen) atoms. The van der Waals surface area contributed by atoms with Gasteiger partial charge in [-0.05, 0) is 34.8 Å². The van der Waals surface area contributed by atoms with Gasteiger partial charge < -0.3 is 9.88 Å². The zero-order chi connectivity index (χ0) is 9.42. The molecule has 0 aromatic carbocycles. The number of anilines is 1. The Morgan fingerprint density at radius 2 is 2.31 bits per heavy atom. The molecular formula is C9H11BrN2O. The van der Waals surface area contributed by atoms with Gasteiger partial charge in [-0.3, -0.25) is 4.79 Å². The number of nitrogens with one attached hydrogen (secondary N) is 1. The van der Waals surface area contributed by atoms with Gasteiger partial charge >= 0.3 is 0 Å². The first kappa shape index (κ1) is 8.81. The third-order valence-corrected chi connectivity index (χ3v) is 3.15. The molecule has 1 aliphatic rings. The van der Waals surface area contributed by atoms with E-state index in [1.54, 1.807) is 0 Å². The molecule has 70 valence electrons. The molecule has 1 aromatic rings. The summed E-state index contributed by atoms with van der Waals surface area (Å²) in [5, 5.41) is 2.89. The largest absolute Gasteiger partial charge is 0.341 e. The molecule has 0 fully saturated rings. The Labute approximate surface area is 85.2 Å². The van der Waals surface area contributed by atoms with E-state index in [2.05, 4.69) is 25.8 Å². The third-order valence-electron chi connectivity index (χ3n) is 2.39. The number of carbonyl (C=O) groups is 1. The molecule has 3 nitrogen and oxygen atoms in total. The highest BCUT2D eigenvalue weighted by atomic mass is 79.9. The van der Waals surface area contributed by atoms with E-state index >= 15 is 0 Å². The van der Waals surface area contributed by atoms with Gasteiger partial charge in [0, 0.05) is 19.2 Å². The van der Waals surface area contributed by atoms with Crippen molar-refractivity contribution in [3.8, 4) is 0 Å². The minimum Gasteiger partial charge on any atom is -0.341 e. The fraction of sp³-hybridized carbons (Fsp3) is 0.444. The molecule has 2 heterocycles. The fourth-order valence-corrected chi connectivity index (χ4v) is 2.09. The van der Waals surface area contributed by atoms with Crippen LogP contribution >= 0.6 is 15.9 Å². The van der Waals surface area contributed by atoms with Crippen LogP contribution in [0.25, 0.3) is 0 Å². The first-order valence-corrected chi connectivity index (χ1v) is 5.11. The van der Waals surface area contributed by atoms with Gasteiger partial charge in [-0.25, -0.2) is 0 Å². The lowest BCUT2D eigenvalue weighted by atomic mass is 10.2. The van der Waals surface area contributed by atoms with Crippen molar-refractivity contribution in [1.82, 2.24) is 4.57 Å². The summed E-state index contributed by atoms with van der Waals surface area (Å²) in [7, 11) is 2.00. The average molecular weight is 243 g/mol. The van der Waals surface area contributed by atoms with Crippen LogP contribution in [0.3, 0.4) is 0 Å². The van der Waals surface area contributed by atoms with E-state index in [1.165, 1.54) is 5.69 Å². The van der Waals surface area contributed by atoms with E-state index in [1.807, 2.05) is 13.1 Å². The van der Waals surface area contributed by atoms with Crippen LogP contribution in [0.15, 0.2) is 10.7 Å². The maximum atomic E-state index is 11.2. The monoisotopic (exact) mass is 242 g/mol. The van der Waals surface area contributed by atoms with Gasteiger partial charge in [-0.2, -0.15) is 0 Å². The summed E-state index contributed by atoms with van der Waals surface area (Å²) in [5.74, 6) is 0.122. The first-order chi connectivity index (χ1) is 6.18. The molecule has 1 aromatic heterocycles. The zero-order valence-electron chi connectivity index (χ0n) is 7.43. The highest BCUT2D eigenvalue weighted by molar-refractivity contribution is 9.10. The number of nitrogens with zero attached hydrogens (tertiary/aromatic N) is 1. The maximum Gasteiger partial charge on any atom is 0.224 e. The molecular weight excluding hydrogens is 232 g/mol. The smallest absolute Gasteiger partial charge is 0.224 e. The summed E-state index contributed by atoms with van der Waals surface area (Å²) >= 11 is 3.43. The second-order valence-electron chi connectivity index (χ2n) is 3.29. The van der Waals surface area contributed by atoms with Crippen LogP contribution in [-0.2, 0) is 18.3 Å². The number of aromatic nitrogens is 1. The number of hydrogen-bond donors (Lipinski definition) is 1. The van der Waals surface area contributed by atoms with Crippen molar-refractivity contribution in [2.75, 3.05) is 5.32 Å². The van der Waals surface area contributed by atoms with Crippen molar-refractivity contribution >= 4 is 27.5 Å². The summed E-state index contributed by atoms with van der Waals surface area (Å²) < 4.78 is 3.08. The van der Waals surface area contributed by atoms with Crippen molar-refractivity contribution in [2.45, 2.75) is 19.3 Å². The van der Waals surface area contributed by atoms with Crippen LogP contribution in [0.5, 0.6) is 0 Å². The van der Waals surface area contributed by atoms with Gasteiger partial charge in [0.2, 0.25) is 5.91 Å². The van der Waals surface area contributed by atoms with Gasteiger partial charge in [-0.15, -0.1) is 0 Å². The van der Waals surface area contributed by atoms with E-state index in [-0.39, 0.29) is 5.91 Å². The Hall–Kier alpha value is -0.770. The Morgan fingerprint density at radius 1 is 1.54 bits per heavy atom. The molecule has 2 rings (SSSR count). The molecule has 0 radical (unpaired) electrons. The number of hydrogen-bond acceptors (Lipinski definition) is 1. The van der Waals surface area contributed by atoms with Crippen molar-refractivity contribution < 1.29 is 4.79 Å². The van der Waals surface area contributed by atoms with E-state index in [0.29, 0.717) is 6.42 Å². The van der Waals surface area contributed by atoms with Gasteiger partial charge in [0.1, 0.15) is 0 Å². The molecule has 4 heteroatoms. The standard InChI is InChI=1S/C9H11BrN2O/c1-12-7-3-2-4-9(13)11-6(7)5-8(12)10/h5H,2-4H2,1H3,(H,11,13). The molecule has 0 atom stereocenters. The minimum absolute atomic E-state index is 0.122. The van der Waals surface area contributed by atoms with Crippen molar-refractivity contribution in [2.24, 2.45) is 7.05 Å². The molecule has 0 unspecified atom stereocenters. The maximum absolute atomic E-state index is 11.2. The summed E-state index contributed by atoms with van der Waals surface area (Å²) in [5.41, 5.74) is 2.16. The van der Waals surface area contributed by atoms with Crippen LogP contribution in [0.2, 0.25) is 0 Å². The quantitative estimate of drug-likeness (QED) is 0.743. The summed E-state index contributed by atoms with van der Waals surface area (Å²) in [4.78, 5) is 11.2. The fourth-order valence-electron chi connectivity index (χ4n) is 1.65. The number of amides is 1. The third kappa shape index (κ3) is 1.50. The number of fused-ring (bicyclic) bond motifs is 1. The number of rotatable bonds is 0. The van der Waals surface area contributed by atoms with Gasteiger partial charge in [0.05, 0.1) is 10.3 Å². The van der Waals surface area contributed by atoms with E-state index in [4.69, 9.17) is 0 Å². The Bertz CT molecular complexity index is 357. The summed E-state index contributed by atoms with van der Waals surface area (Å²) in [6, 6.07) is 1.96. The predicted octanol–water partition coefficient (Wildman–Crippen LogP) is 2.06. The van der Waals surface area contributed by atoms with E-state index in [9.17, 15) is 4.79 Å². The Morgan fingerprint density at radius 3 is 3.08 bits per heavy atom. The highest BCUT2D eigenvalue weighted by Crippen LogP contribution is 2.27. The zero-order valence-corrected chi connectivity index (χ0v) is 9.02. The van der Waals surface area contributed by atoms with E-state index < -0.39 is 0 Å². The first-order valence-electron chi connectivity index (χ1n) is 4.32. The molecule has 0 saturated heterocycles. The SMILES string of the molecule is Cn1c(Br)cc2c1CCCC(=O)N2. The topological polar surface area (TPSA) is 34.0 Å². The Kier molecular flexibility index (Phi) is 2.15. The molecule has 0 bridgehead atoms. The second kappa shape index (κ2) is 3.18. The summed E-state index contributed by atoms with van der Waals surface area (Å²) in [6.45, 7) is 0. The second-order valence-corrected chi connectivity index (χ2v) is 4.10. The van der Waals surface area contributed by atoms with E-state index in [0.717, 1.165) is 23.1 Å². The molecule has 1 N–H and O–H groups in total. The lowest BCUT2D eigenvalue weighted by molar-refractivity contribution is -0.116. The van der Waals surface area contributed by atoms with Crippen LogP contribution in [-0.4, -0.2) is 10.5 Å². The highest BCUT2D eigenvalue weighted by Gasteiger charge is 2.16. The number of halogens is 1. The molecule has 0 aliphatic carbocycles. The van der Waals surface area contributed by atoms with Crippen LogP contribution in [0.1, 0.15) is 18.5 Å². The van der Waals surface area contributed by atoms with Gasteiger partial charge in [0.25, 0.3) is 0 Å². The van der Waals surface area contributed by atoms with Crippen molar-refractivity contribution in [3.63, 3.8) is 0 Å². The van der Waals surface area contributed by atoms with Crippen LogP contribution in [0, 0.1) is 0 Å². The van der Waals surface area contributed by atoms with Gasteiger partial charge in [0.15, 0.2) is 0 Å². The lowest BCUT2D eigenvalue weighted by Gasteiger charge is -2.02. The molecule has 1 amide bonds. The van der Waals surface area contributed by atoms with Crippen LogP contribution < -0.4 is 5.32 Å². The predicted molar refractivity (Wildman–Crippen MR) is 54.7 cm³/mol. The normalized spacial score (nSPS) is 16.3. The van der Waals surface area contributed by atoms with Crippen molar-refractivity contribution in [1.29, 1.82) is 0 Å². The molecule has 1 aliphatic heterocycles. The Balaban J connectivity index is 2.45. The average Bonchev–Trinajstić information content (AvgIpc) is 2.28. The van der Waals surface area contributed by atoms with Gasteiger partial charge in [-0.1, -0.05) is 0 Å². The lowest BCUT2D eigenvalue weighted by Crippen LogP contribution is -2.08. The summed E-state index contributed by atoms with van der Waals surface area (Å²) in [6.07, 6.45) is 2.53. The van der Waals surface area contributed by atoms with Crippen molar-refractivity contribution in [3.05, 3.63) is 16.4 Å². The molecule has 0 saturated carbocycles. The van der Waals surface area contributed by atoms with Crippen LogP contribution in [0.4, 0.5) is 5.69 Å². The number of carbonyl (C=O) groups excluding carboxylic acids is 1.